The predicted octanol–water partition coefficient (Wildman–Crippen LogP) is 16.3. The third kappa shape index (κ3) is 47.7. The lowest BCUT2D eigenvalue weighted by atomic mass is 10.0. The van der Waals surface area contributed by atoms with E-state index >= 15 is 0 Å². The summed E-state index contributed by atoms with van der Waals surface area (Å²) in [6.07, 6.45) is 60.4. The van der Waals surface area contributed by atoms with Crippen molar-refractivity contribution in [3.8, 4) is 0 Å². The van der Waals surface area contributed by atoms with Gasteiger partial charge in [0.1, 0.15) is 0 Å². The van der Waals surface area contributed by atoms with Crippen LogP contribution in [0.2, 0.25) is 0 Å². The van der Waals surface area contributed by atoms with Crippen molar-refractivity contribution in [1.29, 1.82) is 0 Å². The number of esters is 1. The van der Waals surface area contributed by atoms with E-state index in [0.717, 1.165) is 57.8 Å². The Kier molecular flexibility index (Phi) is 49.6. The summed E-state index contributed by atoms with van der Waals surface area (Å²) in [5, 5.41) is 23.1. The fourth-order valence-corrected chi connectivity index (χ4v) is 8.27. The number of unbranched alkanes of at least 4 members (excludes halogenated alkanes) is 37. The van der Waals surface area contributed by atoms with E-state index in [9.17, 15) is 19.8 Å². The van der Waals surface area contributed by atoms with Gasteiger partial charge in [0.15, 0.2) is 0 Å². The number of aliphatic hydroxyl groups is 2. The summed E-state index contributed by atoms with van der Waals surface area (Å²) in [5.41, 5.74) is 0. The van der Waals surface area contributed by atoms with Gasteiger partial charge in [0.05, 0.1) is 25.4 Å². The van der Waals surface area contributed by atoms with Gasteiger partial charge in [-0.15, -0.1) is 0 Å². The van der Waals surface area contributed by atoms with Crippen LogP contribution in [-0.2, 0) is 14.3 Å². The van der Waals surface area contributed by atoms with Crippen LogP contribution >= 0.6 is 0 Å². The molecule has 360 valence electrons. The van der Waals surface area contributed by atoms with E-state index in [4.69, 9.17) is 4.74 Å². The molecule has 0 radical (unpaired) electrons. The van der Waals surface area contributed by atoms with E-state index in [0.29, 0.717) is 19.4 Å². The standard InChI is InChI=1S/C55H105NO5/c1-3-5-7-9-11-13-15-17-19-20-21-22-24-26-28-33-37-41-45-49-55(60)61-50-46-42-38-34-30-29-32-36-40-44-48-54(59)56-52(51-57)53(58)47-43-39-35-31-27-25-23-18-16-14-12-10-8-6-4-2/h17,19,43,47,52-53,57-58H,3-16,18,20-42,44-46,48-51H2,1-2H3,(H,56,59)/b19-17-,47-43+. The topological polar surface area (TPSA) is 95.9 Å². The molecule has 0 heterocycles. The fraction of sp³-hybridized carbons (Fsp3) is 0.891. The molecule has 0 saturated carbocycles. The number of hydrogen-bond donors (Lipinski definition) is 3. The lowest BCUT2D eigenvalue weighted by Gasteiger charge is -2.20. The molecular formula is C55H105NO5. The number of allylic oxidation sites excluding steroid dienone is 3. The van der Waals surface area contributed by atoms with Gasteiger partial charge in [-0.2, -0.15) is 0 Å². The van der Waals surface area contributed by atoms with Crippen molar-refractivity contribution < 1.29 is 24.5 Å². The molecule has 0 aromatic rings. The molecule has 3 N–H and O–H groups in total. The number of amides is 1. The minimum absolute atomic E-state index is 0.0213. The molecule has 6 heteroatoms. The molecule has 0 spiro atoms. The van der Waals surface area contributed by atoms with Gasteiger partial charge >= 0.3 is 5.97 Å². The van der Waals surface area contributed by atoms with Crippen LogP contribution < -0.4 is 5.32 Å². The number of carbonyl (C=O) groups excluding carboxylic acids is 2. The Labute approximate surface area is 380 Å². The Morgan fingerprint density at radius 3 is 1.16 bits per heavy atom. The number of rotatable bonds is 50. The Morgan fingerprint density at radius 1 is 0.443 bits per heavy atom. The maximum Gasteiger partial charge on any atom is 0.305 e. The Bertz CT molecular complexity index is 951. The predicted molar refractivity (Wildman–Crippen MR) is 264 cm³/mol. The summed E-state index contributed by atoms with van der Waals surface area (Å²) in [6.45, 7) is 4.85. The van der Waals surface area contributed by atoms with Crippen molar-refractivity contribution >= 4 is 11.9 Å². The van der Waals surface area contributed by atoms with Crippen molar-refractivity contribution in [2.45, 2.75) is 302 Å². The molecule has 0 aliphatic heterocycles. The second-order valence-corrected chi connectivity index (χ2v) is 18.6. The minimum atomic E-state index is -0.858. The SMILES string of the molecule is CCCCCCCC/C=C\CCCCCCCCCCCC(=O)OCCCCCCCCCCCCC(=O)NC(CO)C(O)/C=C/CCCCCCCCCCCCCCC. The van der Waals surface area contributed by atoms with Gasteiger partial charge in [-0.1, -0.05) is 244 Å². The van der Waals surface area contributed by atoms with E-state index in [1.54, 1.807) is 6.08 Å². The van der Waals surface area contributed by atoms with Crippen LogP contribution in [0.5, 0.6) is 0 Å². The van der Waals surface area contributed by atoms with Gasteiger partial charge in [0.25, 0.3) is 0 Å². The molecule has 0 aliphatic rings. The van der Waals surface area contributed by atoms with Gasteiger partial charge < -0.3 is 20.3 Å². The number of hydrogen-bond acceptors (Lipinski definition) is 5. The van der Waals surface area contributed by atoms with E-state index in [1.165, 1.54) is 205 Å². The molecule has 6 nitrogen and oxygen atoms in total. The first-order valence-corrected chi connectivity index (χ1v) is 27.1. The highest BCUT2D eigenvalue weighted by atomic mass is 16.5. The highest BCUT2D eigenvalue weighted by Gasteiger charge is 2.18. The average Bonchev–Trinajstić information content (AvgIpc) is 3.26. The first-order valence-electron chi connectivity index (χ1n) is 27.1. The van der Waals surface area contributed by atoms with Gasteiger partial charge in [-0.3, -0.25) is 9.59 Å². The van der Waals surface area contributed by atoms with Crippen molar-refractivity contribution in [3.63, 3.8) is 0 Å². The molecule has 0 aromatic carbocycles. The monoisotopic (exact) mass is 860 g/mol. The minimum Gasteiger partial charge on any atom is -0.466 e. The van der Waals surface area contributed by atoms with Gasteiger partial charge in [0.2, 0.25) is 5.91 Å². The summed E-state index contributed by atoms with van der Waals surface area (Å²) < 4.78 is 5.47. The summed E-state index contributed by atoms with van der Waals surface area (Å²) in [5.74, 6) is -0.111. The van der Waals surface area contributed by atoms with Crippen molar-refractivity contribution in [1.82, 2.24) is 5.32 Å². The van der Waals surface area contributed by atoms with Crippen molar-refractivity contribution in [2.24, 2.45) is 0 Å². The Morgan fingerprint density at radius 2 is 0.770 bits per heavy atom. The largest absolute Gasteiger partial charge is 0.466 e. The van der Waals surface area contributed by atoms with Crippen LogP contribution in [0, 0.1) is 0 Å². The van der Waals surface area contributed by atoms with Gasteiger partial charge in [-0.25, -0.2) is 0 Å². The van der Waals surface area contributed by atoms with E-state index in [2.05, 4.69) is 31.3 Å². The molecular weight excluding hydrogens is 755 g/mol. The van der Waals surface area contributed by atoms with Crippen LogP contribution in [0.4, 0.5) is 0 Å². The molecule has 0 fully saturated rings. The number of carbonyl (C=O) groups is 2. The molecule has 2 atom stereocenters. The summed E-state index contributed by atoms with van der Waals surface area (Å²) in [7, 11) is 0. The molecule has 0 aliphatic carbocycles. The second-order valence-electron chi connectivity index (χ2n) is 18.6. The molecule has 0 aromatic heterocycles. The third-order valence-electron chi connectivity index (χ3n) is 12.5. The zero-order valence-electron chi connectivity index (χ0n) is 40.9. The quantitative estimate of drug-likeness (QED) is 0.0322. The lowest BCUT2D eigenvalue weighted by Crippen LogP contribution is -2.45. The highest BCUT2D eigenvalue weighted by molar-refractivity contribution is 5.76. The first kappa shape index (κ1) is 59.3. The van der Waals surface area contributed by atoms with E-state index < -0.39 is 12.1 Å². The van der Waals surface area contributed by atoms with Crippen LogP contribution in [0.1, 0.15) is 290 Å². The lowest BCUT2D eigenvalue weighted by molar-refractivity contribution is -0.143. The van der Waals surface area contributed by atoms with E-state index in [-0.39, 0.29) is 18.5 Å². The summed E-state index contributed by atoms with van der Waals surface area (Å²) >= 11 is 0. The number of nitrogens with one attached hydrogen (secondary N) is 1. The molecule has 0 saturated heterocycles. The Hall–Kier alpha value is -1.66. The van der Waals surface area contributed by atoms with Crippen molar-refractivity contribution in [3.05, 3.63) is 24.3 Å². The second kappa shape index (κ2) is 51.0. The zero-order valence-corrected chi connectivity index (χ0v) is 40.9. The normalized spacial score (nSPS) is 12.8. The molecule has 61 heavy (non-hydrogen) atoms. The van der Waals surface area contributed by atoms with Crippen LogP contribution in [0.15, 0.2) is 24.3 Å². The maximum atomic E-state index is 12.4. The van der Waals surface area contributed by atoms with Crippen LogP contribution in [0.25, 0.3) is 0 Å². The first-order chi connectivity index (χ1) is 30.0. The molecule has 1 amide bonds. The van der Waals surface area contributed by atoms with E-state index in [1.807, 2.05) is 6.08 Å². The number of aliphatic hydroxyl groups excluding tert-OH is 2. The smallest absolute Gasteiger partial charge is 0.305 e. The highest BCUT2D eigenvalue weighted by Crippen LogP contribution is 2.16. The summed E-state index contributed by atoms with van der Waals surface area (Å²) in [6, 6.07) is -0.644. The van der Waals surface area contributed by atoms with Crippen molar-refractivity contribution in [2.75, 3.05) is 13.2 Å². The van der Waals surface area contributed by atoms with Crippen LogP contribution in [0.3, 0.4) is 0 Å². The molecule has 0 rings (SSSR count). The molecule has 0 bridgehead atoms. The fourth-order valence-electron chi connectivity index (χ4n) is 8.27. The Balaban J connectivity index is 3.48. The number of ether oxygens (including phenoxy) is 1. The van der Waals surface area contributed by atoms with Gasteiger partial charge in [-0.05, 0) is 57.8 Å². The average molecular weight is 860 g/mol. The van der Waals surface area contributed by atoms with Gasteiger partial charge in [0, 0.05) is 12.8 Å². The maximum absolute atomic E-state index is 12.4. The summed E-state index contributed by atoms with van der Waals surface area (Å²) in [4.78, 5) is 24.5. The zero-order chi connectivity index (χ0) is 44.4. The molecule has 2 unspecified atom stereocenters. The third-order valence-corrected chi connectivity index (χ3v) is 12.5. The van der Waals surface area contributed by atoms with Crippen LogP contribution in [-0.4, -0.2) is 47.4 Å².